The third-order valence-corrected chi connectivity index (χ3v) is 4.41. The third-order valence-electron chi connectivity index (χ3n) is 2.99. The van der Waals surface area contributed by atoms with Crippen molar-refractivity contribution in [1.29, 1.82) is 0 Å². The second kappa shape index (κ2) is 5.38. The molecule has 0 saturated carbocycles. The molecule has 2 N–H and O–H groups in total. The number of nitrogen functional groups attached to an aromatic ring is 1. The Hall–Kier alpha value is -2.27. The van der Waals surface area contributed by atoms with E-state index in [-0.39, 0.29) is 0 Å². The summed E-state index contributed by atoms with van der Waals surface area (Å²) in [4.78, 5) is 9.03. The molecule has 0 bridgehead atoms. The second-order valence-electron chi connectivity index (χ2n) is 4.40. The Labute approximate surface area is 119 Å². The number of hydrogen-bond acceptors (Lipinski definition) is 4. The highest BCUT2D eigenvalue weighted by molar-refractivity contribution is 7.84. The number of nitrogens with zero attached hydrogens (tertiary/aromatic N) is 2. The topological polar surface area (TPSA) is 68.9 Å². The third kappa shape index (κ3) is 2.53. The molecule has 0 radical (unpaired) electrons. The molecule has 2 aromatic heterocycles. The number of benzene rings is 1. The number of hydrogen-bond donors (Lipinski definition) is 1. The molecule has 1 atom stereocenters. The summed E-state index contributed by atoms with van der Waals surface area (Å²) in [6.45, 7) is 0. The highest BCUT2D eigenvalue weighted by Crippen LogP contribution is 2.18. The van der Waals surface area contributed by atoms with Crippen LogP contribution < -0.4 is 5.73 Å². The van der Waals surface area contributed by atoms with Gasteiger partial charge in [0.25, 0.3) is 0 Å². The zero-order valence-corrected chi connectivity index (χ0v) is 11.5. The van der Waals surface area contributed by atoms with Gasteiger partial charge < -0.3 is 5.73 Å². The lowest BCUT2D eigenvalue weighted by molar-refractivity contribution is 0.682. The molecule has 20 heavy (non-hydrogen) atoms. The van der Waals surface area contributed by atoms with Gasteiger partial charge in [-0.3, -0.25) is 14.2 Å². The largest absolute Gasteiger partial charge is 0.396 e. The number of rotatable bonds is 3. The molecule has 5 heteroatoms. The fourth-order valence-corrected chi connectivity index (χ4v) is 3.12. The highest BCUT2D eigenvalue weighted by Gasteiger charge is 2.09. The smallest absolute Gasteiger partial charge is 0.0706 e. The minimum atomic E-state index is -1.22. The number of aromatic nitrogens is 2. The first-order chi connectivity index (χ1) is 9.74. The van der Waals surface area contributed by atoms with Gasteiger partial charge in [-0.25, -0.2) is 0 Å². The van der Waals surface area contributed by atoms with Crippen LogP contribution in [0.5, 0.6) is 0 Å². The Bertz CT molecular complexity index is 789. The van der Waals surface area contributed by atoms with Gasteiger partial charge in [0.1, 0.15) is 0 Å². The molecule has 1 unspecified atom stereocenters. The van der Waals surface area contributed by atoms with Crippen molar-refractivity contribution in [2.45, 2.75) is 10.6 Å². The van der Waals surface area contributed by atoms with Crippen LogP contribution in [0.4, 0.5) is 5.69 Å². The molecular weight excluding hydrogens is 270 g/mol. The summed E-state index contributed by atoms with van der Waals surface area (Å²) in [6.07, 6.45) is 3.11. The summed E-state index contributed by atoms with van der Waals surface area (Å²) in [7, 11) is -1.22. The molecule has 100 valence electrons. The van der Waals surface area contributed by atoms with Crippen LogP contribution in [-0.4, -0.2) is 14.2 Å². The summed E-state index contributed by atoms with van der Waals surface area (Å²) in [6, 6.07) is 13.4. The van der Waals surface area contributed by atoms with Crippen molar-refractivity contribution >= 4 is 27.4 Å². The van der Waals surface area contributed by atoms with Crippen molar-refractivity contribution in [3.8, 4) is 0 Å². The summed E-state index contributed by atoms with van der Waals surface area (Å²) in [5.41, 5.74) is 7.94. The fraction of sp³-hybridized carbons (Fsp3) is 0.0667. The maximum Gasteiger partial charge on any atom is 0.0706 e. The van der Waals surface area contributed by atoms with E-state index < -0.39 is 10.8 Å². The molecular formula is C15H13N3OS. The average Bonchev–Trinajstić information content (AvgIpc) is 2.47. The summed E-state index contributed by atoms with van der Waals surface area (Å²) in [5, 5.41) is 1.07. The quantitative estimate of drug-likeness (QED) is 0.802. The Kier molecular flexibility index (Phi) is 3.43. The van der Waals surface area contributed by atoms with Crippen LogP contribution in [0.15, 0.2) is 59.8 Å². The molecule has 4 nitrogen and oxygen atoms in total. The number of anilines is 1. The second-order valence-corrected chi connectivity index (χ2v) is 5.82. The van der Waals surface area contributed by atoms with Crippen LogP contribution >= 0.6 is 0 Å². The molecule has 0 fully saturated rings. The van der Waals surface area contributed by atoms with Gasteiger partial charge in [0.05, 0.1) is 44.5 Å². The normalized spacial score (nSPS) is 12.4. The van der Waals surface area contributed by atoms with E-state index >= 15 is 0 Å². The van der Waals surface area contributed by atoms with Crippen LogP contribution in [0.2, 0.25) is 0 Å². The van der Waals surface area contributed by atoms with E-state index in [0.717, 1.165) is 16.6 Å². The van der Waals surface area contributed by atoms with Gasteiger partial charge in [-0.1, -0.05) is 24.3 Å². The molecule has 0 aliphatic carbocycles. The summed E-state index contributed by atoms with van der Waals surface area (Å²) < 4.78 is 12.3. The van der Waals surface area contributed by atoms with E-state index in [2.05, 4.69) is 9.97 Å². The summed E-state index contributed by atoms with van der Waals surface area (Å²) in [5.74, 6) is 0.346. The van der Waals surface area contributed by atoms with E-state index in [0.29, 0.717) is 16.3 Å². The highest BCUT2D eigenvalue weighted by atomic mass is 32.2. The zero-order valence-electron chi connectivity index (χ0n) is 10.7. The van der Waals surface area contributed by atoms with Gasteiger partial charge in [0.15, 0.2) is 0 Å². The van der Waals surface area contributed by atoms with Crippen LogP contribution in [0, 0.1) is 0 Å². The van der Waals surface area contributed by atoms with Gasteiger partial charge in [-0.15, -0.1) is 0 Å². The SMILES string of the molecule is Nc1cnccc1S(=O)Cc1ccc2ccccc2n1. The van der Waals surface area contributed by atoms with E-state index in [4.69, 9.17) is 5.73 Å². The van der Waals surface area contributed by atoms with Gasteiger partial charge in [0, 0.05) is 11.6 Å². The predicted molar refractivity (Wildman–Crippen MR) is 80.5 cm³/mol. The number of fused-ring (bicyclic) bond motifs is 1. The van der Waals surface area contributed by atoms with E-state index in [1.54, 1.807) is 12.3 Å². The maximum atomic E-state index is 12.3. The van der Waals surface area contributed by atoms with Crippen molar-refractivity contribution in [1.82, 2.24) is 9.97 Å². The Morgan fingerprint density at radius 2 is 1.95 bits per heavy atom. The fourth-order valence-electron chi connectivity index (χ4n) is 2.00. The molecule has 1 aromatic carbocycles. The maximum absolute atomic E-state index is 12.3. The van der Waals surface area contributed by atoms with E-state index in [9.17, 15) is 4.21 Å². The Morgan fingerprint density at radius 1 is 1.10 bits per heavy atom. The first-order valence-corrected chi connectivity index (χ1v) is 7.48. The molecule has 3 rings (SSSR count). The van der Waals surface area contributed by atoms with E-state index in [1.807, 2.05) is 36.4 Å². The summed E-state index contributed by atoms with van der Waals surface area (Å²) >= 11 is 0. The van der Waals surface area contributed by atoms with Gasteiger partial charge in [0.2, 0.25) is 0 Å². The van der Waals surface area contributed by atoms with Crippen molar-refractivity contribution in [2.75, 3.05) is 5.73 Å². The van der Waals surface area contributed by atoms with E-state index in [1.165, 1.54) is 6.20 Å². The monoisotopic (exact) mass is 283 g/mol. The molecule has 0 saturated heterocycles. The van der Waals surface area contributed by atoms with Crippen LogP contribution in [0.3, 0.4) is 0 Å². The first-order valence-electron chi connectivity index (χ1n) is 6.16. The average molecular weight is 283 g/mol. The molecule has 0 spiro atoms. The Morgan fingerprint density at radius 3 is 2.80 bits per heavy atom. The lowest BCUT2D eigenvalue weighted by atomic mass is 10.2. The van der Waals surface area contributed by atoms with Crippen molar-refractivity contribution < 1.29 is 4.21 Å². The minimum absolute atomic E-state index is 0.346. The van der Waals surface area contributed by atoms with Crippen LogP contribution in [-0.2, 0) is 16.6 Å². The minimum Gasteiger partial charge on any atom is -0.396 e. The zero-order chi connectivity index (χ0) is 13.9. The van der Waals surface area contributed by atoms with Crippen LogP contribution in [0.25, 0.3) is 10.9 Å². The first kappa shape index (κ1) is 12.7. The Balaban J connectivity index is 1.89. The van der Waals surface area contributed by atoms with Crippen molar-refractivity contribution in [3.05, 3.63) is 60.6 Å². The number of pyridine rings is 2. The molecule has 0 aliphatic heterocycles. The number of para-hydroxylation sites is 1. The molecule has 0 aliphatic rings. The van der Waals surface area contributed by atoms with Crippen LogP contribution in [0.1, 0.15) is 5.69 Å². The lowest BCUT2D eigenvalue weighted by Gasteiger charge is -2.05. The standard InChI is InChI=1S/C15H13N3OS/c16-13-9-17-8-7-15(13)20(19)10-12-6-5-11-3-1-2-4-14(11)18-12/h1-9H,10,16H2. The molecule has 0 amide bonds. The predicted octanol–water partition coefficient (Wildman–Crippen LogP) is 2.52. The van der Waals surface area contributed by atoms with Crippen molar-refractivity contribution in [3.63, 3.8) is 0 Å². The lowest BCUT2D eigenvalue weighted by Crippen LogP contribution is -2.02. The number of nitrogens with two attached hydrogens (primary N) is 1. The van der Waals surface area contributed by atoms with Gasteiger partial charge >= 0.3 is 0 Å². The van der Waals surface area contributed by atoms with Crippen molar-refractivity contribution in [2.24, 2.45) is 0 Å². The van der Waals surface area contributed by atoms with Gasteiger partial charge in [-0.2, -0.15) is 0 Å². The molecule has 3 aromatic rings. The molecule has 2 heterocycles. The van der Waals surface area contributed by atoms with Gasteiger partial charge in [-0.05, 0) is 18.2 Å².